The number of aromatic nitrogens is 3. The summed E-state index contributed by atoms with van der Waals surface area (Å²) in [6, 6.07) is 19.0. The minimum absolute atomic E-state index is 0.205. The van der Waals surface area contributed by atoms with Crippen LogP contribution in [0.25, 0.3) is 22.2 Å². The summed E-state index contributed by atoms with van der Waals surface area (Å²) in [5, 5.41) is 10.9. The van der Waals surface area contributed by atoms with Crippen LogP contribution in [0, 0.1) is 0 Å². The van der Waals surface area contributed by atoms with Crippen molar-refractivity contribution in [3.05, 3.63) is 72.6 Å². The molecule has 2 N–H and O–H groups in total. The van der Waals surface area contributed by atoms with E-state index in [1.54, 1.807) is 19.4 Å². The zero-order valence-electron chi connectivity index (χ0n) is 16.6. The number of para-hydroxylation sites is 1. The first-order chi connectivity index (χ1) is 14.7. The highest BCUT2D eigenvalue weighted by atomic mass is 16.5. The number of hydrogen-bond acceptors (Lipinski definition) is 5. The van der Waals surface area contributed by atoms with Crippen molar-refractivity contribution in [1.82, 2.24) is 20.5 Å². The van der Waals surface area contributed by atoms with Crippen LogP contribution in [0.3, 0.4) is 0 Å². The first-order valence-corrected chi connectivity index (χ1v) is 9.69. The first-order valence-electron chi connectivity index (χ1n) is 9.69. The molecule has 0 aliphatic heterocycles. The van der Waals surface area contributed by atoms with Crippen LogP contribution in [0.2, 0.25) is 0 Å². The maximum atomic E-state index is 12.4. The monoisotopic (exact) mass is 402 g/mol. The first kappa shape index (κ1) is 19.4. The van der Waals surface area contributed by atoms with Gasteiger partial charge in [0.05, 0.1) is 19.4 Å². The fourth-order valence-corrected chi connectivity index (χ4v) is 3.11. The fourth-order valence-electron chi connectivity index (χ4n) is 3.11. The number of carbonyl (C=O) groups excluding carboxylic acids is 1. The lowest BCUT2D eigenvalue weighted by molar-refractivity contribution is 0.0946. The highest BCUT2D eigenvalue weighted by molar-refractivity contribution is 5.93. The molecule has 0 spiro atoms. The number of hydrogen-bond donors (Lipinski definition) is 2. The SMILES string of the molecule is COc1cccc(-c2cc(C(=O)NCCCOc3cccc4cccnc34)[nH]n2)c1. The van der Waals surface area contributed by atoms with Gasteiger partial charge in [-0.15, -0.1) is 0 Å². The van der Waals surface area contributed by atoms with Gasteiger partial charge in [0.1, 0.15) is 22.7 Å². The van der Waals surface area contributed by atoms with E-state index in [9.17, 15) is 4.79 Å². The largest absolute Gasteiger partial charge is 0.497 e. The number of ether oxygens (including phenoxy) is 2. The highest BCUT2D eigenvalue weighted by Crippen LogP contribution is 2.23. The Kier molecular flexibility index (Phi) is 5.89. The number of fused-ring (bicyclic) bond motifs is 1. The van der Waals surface area contributed by atoms with E-state index in [1.807, 2.05) is 54.6 Å². The molecule has 1 amide bonds. The highest BCUT2D eigenvalue weighted by Gasteiger charge is 2.11. The molecule has 2 heterocycles. The number of H-pyrrole nitrogens is 1. The average Bonchev–Trinajstić information content (AvgIpc) is 3.29. The van der Waals surface area contributed by atoms with E-state index in [-0.39, 0.29) is 5.91 Å². The van der Waals surface area contributed by atoms with E-state index in [0.717, 1.165) is 28.0 Å². The summed E-state index contributed by atoms with van der Waals surface area (Å²) in [5.74, 6) is 1.28. The quantitative estimate of drug-likeness (QED) is 0.437. The number of amides is 1. The molecule has 0 saturated heterocycles. The summed E-state index contributed by atoms with van der Waals surface area (Å²) in [6.07, 6.45) is 2.42. The molecule has 4 rings (SSSR count). The zero-order valence-corrected chi connectivity index (χ0v) is 16.6. The van der Waals surface area contributed by atoms with E-state index in [2.05, 4.69) is 20.5 Å². The van der Waals surface area contributed by atoms with Gasteiger partial charge in [-0.3, -0.25) is 14.9 Å². The van der Waals surface area contributed by atoms with Gasteiger partial charge in [-0.05, 0) is 36.8 Å². The van der Waals surface area contributed by atoms with Crippen molar-refractivity contribution in [3.63, 3.8) is 0 Å². The van der Waals surface area contributed by atoms with Crippen LogP contribution in [0.15, 0.2) is 66.9 Å². The fraction of sp³-hybridized carbons (Fsp3) is 0.174. The smallest absolute Gasteiger partial charge is 0.269 e. The van der Waals surface area contributed by atoms with Crippen molar-refractivity contribution in [2.75, 3.05) is 20.3 Å². The standard InChI is InChI=1S/C23H22N4O3/c1-29-18-9-2-7-17(14-18)19-15-20(27-26-19)23(28)25-12-5-13-30-21-10-3-6-16-8-4-11-24-22(16)21/h2-4,6-11,14-15H,5,12-13H2,1H3,(H,25,28)(H,26,27). The Hall–Kier alpha value is -3.87. The van der Waals surface area contributed by atoms with Crippen LogP contribution >= 0.6 is 0 Å². The third-order valence-electron chi connectivity index (χ3n) is 4.65. The Bertz CT molecular complexity index is 1150. The number of nitrogens with zero attached hydrogens (tertiary/aromatic N) is 2. The van der Waals surface area contributed by atoms with Gasteiger partial charge in [-0.1, -0.05) is 30.3 Å². The van der Waals surface area contributed by atoms with Crippen LogP contribution in [0.4, 0.5) is 0 Å². The van der Waals surface area contributed by atoms with Crippen LogP contribution in [0.5, 0.6) is 11.5 Å². The predicted molar refractivity (Wildman–Crippen MR) is 115 cm³/mol. The second-order valence-corrected chi connectivity index (χ2v) is 6.69. The minimum atomic E-state index is -0.205. The molecule has 0 unspecified atom stereocenters. The second kappa shape index (κ2) is 9.09. The lowest BCUT2D eigenvalue weighted by atomic mass is 10.1. The number of benzene rings is 2. The van der Waals surface area contributed by atoms with E-state index in [1.165, 1.54) is 0 Å². The van der Waals surface area contributed by atoms with Gasteiger partial charge < -0.3 is 14.8 Å². The number of carbonyl (C=O) groups is 1. The maximum Gasteiger partial charge on any atom is 0.269 e. The molecule has 0 aliphatic carbocycles. The molecule has 7 nitrogen and oxygen atoms in total. The molecule has 152 valence electrons. The Morgan fingerprint density at radius 3 is 2.87 bits per heavy atom. The van der Waals surface area contributed by atoms with E-state index in [0.29, 0.717) is 31.0 Å². The topological polar surface area (TPSA) is 89.1 Å². The Balaban J connectivity index is 1.27. The van der Waals surface area contributed by atoms with E-state index in [4.69, 9.17) is 9.47 Å². The van der Waals surface area contributed by atoms with Gasteiger partial charge >= 0.3 is 0 Å². The number of pyridine rings is 1. The normalized spacial score (nSPS) is 10.7. The molecule has 0 radical (unpaired) electrons. The molecule has 0 atom stereocenters. The lowest BCUT2D eigenvalue weighted by Crippen LogP contribution is -2.25. The van der Waals surface area contributed by atoms with E-state index < -0.39 is 0 Å². The zero-order chi connectivity index (χ0) is 20.8. The summed E-state index contributed by atoms with van der Waals surface area (Å²) < 4.78 is 11.1. The molecule has 4 aromatic rings. The van der Waals surface area contributed by atoms with Crippen molar-refractivity contribution >= 4 is 16.8 Å². The van der Waals surface area contributed by atoms with Crippen LogP contribution in [0.1, 0.15) is 16.9 Å². The average molecular weight is 402 g/mol. The Labute approximate surface area is 174 Å². The molecule has 0 fully saturated rings. The van der Waals surface area contributed by atoms with Crippen molar-refractivity contribution in [3.8, 4) is 22.8 Å². The Morgan fingerprint density at radius 1 is 1.10 bits per heavy atom. The van der Waals surface area contributed by atoms with Crippen molar-refractivity contribution in [2.45, 2.75) is 6.42 Å². The maximum absolute atomic E-state index is 12.4. The number of aromatic amines is 1. The number of nitrogens with one attached hydrogen (secondary N) is 2. The van der Waals surface area contributed by atoms with E-state index >= 15 is 0 Å². The number of rotatable bonds is 8. The lowest BCUT2D eigenvalue weighted by Gasteiger charge is -2.09. The summed E-state index contributed by atoms with van der Waals surface area (Å²) in [6.45, 7) is 0.971. The van der Waals surface area contributed by atoms with Gasteiger partial charge in [0.15, 0.2) is 0 Å². The van der Waals surface area contributed by atoms with Crippen LogP contribution < -0.4 is 14.8 Å². The second-order valence-electron chi connectivity index (χ2n) is 6.69. The van der Waals surface area contributed by atoms with Crippen molar-refractivity contribution in [2.24, 2.45) is 0 Å². The predicted octanol–water partition coefficient (Wildman–Crippen LogP) is 3.83. The van der Waals surface area contributed by atoms with Crippen molar-refractivity contribution in [1.29, 1.82) is 0 Å². The molecule has 0 aliphatic rings. The van der Waals surface area contributed by atoms with Crippen LogP contribution in [-0.2, 0) is 0 Å². The summed E-state index contributed by atoms with van der Waals surface area (Å²) in [4.78, 5) is 16.7. The Morgan fingerprint density at radius 2 is 1.97 bits per heavy atom. The summed E-state index contributed by atoms with van der Waals surface area (Å²) in [5.41, 5.74) is 2.81. The molecule has 30 heavy (non-hydrogen) atoms. The van der Waals surface area contributed by atoms with Gasteiger partial charge in [0.2, 0.25) is 0 Å². The molecule has 0 bridgehead atoms. The number of methoxy groups -OCH3 is 1. The van der Waals surface area contributed by atoms with Crippen LogP contribution in [-0.4, -0.2) is 41.3 Å². The van der Waals surface area contributed by atoms with Gasteiger partial charge in [0.25, 0.3) is 5.91 Å². The molecule has 2 aromatic heterocycles. The van der Waals surface area contributed by atoms with Crippen molar-refractivity contribution < 1.29 is 14.3 Å². The molecule has 0 saturated carbocycles. The molecular formula is C23H22N4O3. The van der Waals surface area contributed by atoms with Gasteiger partial charge in [-0.2, -0.15) is 5.10 Å². The minimum Gasteiger partial charge on any atom is -0.497 e. The molecule has 2 aromatic carbocycles. The summed E-state index contributed by atoms with van der Waals surface area (Å²) >= 11 is 0. The molecule has 7 heteroatoms. The third kappa shape index (κ3) is 4.41. The van der Waals surface area contributed by atoms with Gasteiger partial charge in [-0.25, -0.2) is 0 Å². The van der Waals surface area contributed by atoms with Gasteiger partial charge in [0, 0.05) is 23.7 Å². The molecular weight excluding hydrogens is 380 g/mol. The third-order valence-corrected chi connectivity index (χ3v) is 4.65. The summed E-state index contributed by atoms with van der Waals surface area (Å²) in [7, 11) is 1.61.